The van der Waals surface area contributed by atoms with Crippen LogP contribution in [0.1, 0.15) is 5.69 Å². The molecule has 2 heterocycles. The zero-order valence-corrected chi connectivity index (χ0v) is 15.7. The van der Waals surface area contributed by atoms with Crippen molar-refractivity contribution in [2.45, 2.75) is 36.9 Å². The molecular weight excluding hydrogens is 446 g/mol. The minimum Gasteiger partial charge on any atom is -0.394 e. The number of hydrogen-bond donors (Lipinski definition) is 4. The fourth-order valence-electron chi connectivity index (χ4n) is 2.86. The number of rotatable bonds is 3. The van der Waals surface area contributed by atoms with Gasteiger partial charge in [-0.05, 0) is 34.1 Å². The predicted molar refractivity (Wildman–Crippen MR) is 94.6 cm³/mol. The molecule has 0 radical (unpaired) electrons. The maximum Gasteiger partial charge on any atom is 0.111 e. The Bertz CT molecular complexity index is 742. The zero-order valence-electron chi connectivity index (χ0n) is 12.5. The van der Waals surface area contributed by atoms with Crippen LogP contribution in [0.3, 0.4) is 0 Å². The van der Waals surface area contributed by atoms with E-state index in [0.29, 0.717) is 5.69 Å². The smallest absolute Gasteiger partial charge is 0.111 e. The molecular formula is C16H17Br2NO5. The quantitative estimate of drug-likeness (QED) is 0.545. The van der Waals surface area contributed by atoms with Crippen LogP contribution in [0.15, 0.2) is 33.2 Å². The summed E-state index contributed by atoms with van der Waals surface area (Å²) < 4.78 is 7.30. The normalized spacial score (nSPS) is 30.7. The molecule has 5 unspecified atom stereocenters. The van der Waals surface area contributed by atoms with Crippen molar-refractivity contribution in [3.05, 3.63) is 38.9 Å². The molecule has 0 spiro atoms. The van der Waals surface area contributed by atoms with Crippen molar-refractivity contribution < 1.29 is 25.2 Å². The lowest BCUT2D eigenvalue weighted by molar-refractivity contribution is -0.228. The number of halogens is 2. The van der Waals surface area contributed by atoms with Crippen LogP contribution in [-0.2, 0) is 11.2 Å². The summed E-state index contributed by atoms with van der Waals surface area (Å²) in [6.45, 7) is -0.438. The number of aromatic nitrogens is 1. The number of hydrogen-bond acceptors (Lipinski definition) is 6. The minimum atomic E-state index is -1.37. The fraction of sp³-hybridized carbons (Fsp3) is 0.438. The van der Waals surface area contributed by atoms with Gasteiger partial charge in [0.2, 0.25) is 0 Å². The topological polar surface area (TPSA) is 103 Å². The average Bonchev–Trinajstić information content (AvgIpc) is 2.55. The molecule has 2 aromatic rings. The second kappa shape index (κ2) is 7.33. The van der Waals surface area contributed by atoms with Gasteiger partial charge in [0, 0.05) is 26.4 Å². The summed E-state index contributed by atoms with van der Waals surface area (Å²) in [7, 11) is 0. The van der Waals surface area contributed by atoms with E-state index in [-0.39, 0.29) is 6.42 Å². The molecule has 3 rings (SSSR count). The van der Waals surface area contributed by atoms with E-state index in [1.165, 1.54) is 0 Å². The molecule has 1 aromatic carbocycles. The van der Waals surface area contributed by atoms with Crippen LogP contribution in [0.2, 0.25) is 0 Å². The lowest BCUT2D eigenvalue weighted by Crippen LogP contribution is -2.59. The highest BCUT2D eigenvalue weighted by molar-refractivity contribution is 9.11. The first kappa shape index (κ1) is 18.2. The van der Waals surface area contributed by atoms with E-state index in [9.17, 15) is 20.4 Å². The van der Waals surface area contributed by atoms with E-state index >= 15 is 0 Å². The van der Waals surface area contributed by atoms with Gasteiger partial charge in [-0.15, -0.1) is 0 Å². The van der Waals surface area contributed by atoms with Crippen molar-refractivity contribution >= 4 is 42.8 Å². The molecule has 24 heavy (non-hydrogen) atoms. The number of pyridine rings is 1. The van der Waals surface area contributed by atoms with Crippen LogP contribution in [0, 0.1) is 0 Å². The van der Waals surface area contributed by atoms with Gasteiger partial charge < -0.3 is 25.2 Å². The second-order valence-electron chi connectivity index (χ2n) is 5.83. The Hall–Kier alpha value is -0.610. The first-order valence-corrected chi connectivity index (χ1v) is 9.04. The van der Waals surface area contributed by atoms with Crippen LogP contribution in [0.25, 0.3) is 10.9 Å². The van der Waals surface area contributed by atoms with Gasteiger partial charge in [0.25, 0.3) is 0 Å². The number of ether oxygens (including phenoxy) is 1. The largest absolute Gasteiger partial charge is 0.394 e. The van der Waals surface area contributed by atoms with E-state index in [1.54, 1.807) is 0 Å². The molecule has 1 saturated heterocycles. The van der Waals surface area contributed by atoms with E-state index in [1.807, 2.05) is 24.3 Å². The standard InChI is InChI=1S/C16H17Br2NO5/c17-8-3-7-1-2-9(19-13(7)10(18)4-8)5-11-14(21)16(23)15(22)12(6-20)24-11/h1-4,11-12,14-16,20-23H,5-6H2. The Morgan fingerprint density at radius 2 is 1.71 bits per heavy atom. The number of aliphatic hydroxyl groups excluding tert-OH is 4. The SMILES string of the molecule is OCC1OC(Cc2ccc3cc(Br)cc(Br)c3n2)C(O)C(O)C1O. The Labute approximate surface area is 155 Å². The van der Waals surface area contributed by atoms with E-state index in [2.05, 4.69) is 36.8 Å². The highest BCUT2D eigenvalue weighted by Gasteiger charge is 2.43. The number of fused-ring (bicyclic) bond motifs is 1. The van der Waals surface area contributed by atoms with E-state index in [4.69, 9.17) is 4.74 Å². The third-order valence-corrected chi connectivity index (χ3v) is 5.23. The first-order valence-electron chi connectivity index (χ1n) is 7.46. The van der Waals surface area contributed by atoms with Gasteiger partial charge in [0.1, 0.15) is 24.4 Å². The van der Waals surface area contributed by atoms with Gasteiger partial charge in [-0.1, -0.05) is 22.0 Å². The van der Waals surface area contributed by atoms with Gasteiger partial charge >= 0.3 is 0 Å². The van der Waals surface area contributed by atoms with Crippen molar-refractivity contribution in [1.82, 2.24) is 4.98 Å². The van der Waals surface area contributed by atoms with E-state index < -0.39 is 37.1 Å². The molecule has 1 aromatic heterocycles. The molecule has 0 aliphatic carbocycles. The highest BCUT2D eigenvalue weighted by Crippen LogP contribution is 2.29. The Balaban J connectivity index is 1.86. The van der Waals surface area contributed by atoms with Crippen molar-refractivity contribution in [2.24, 2.45) is 0 Å². The molecule has 0 saturated carbocycles. The van der Waals surface area contributed by atoms with Crippen LogP contribution < -0.4 is 0 Å². The van der Waals surface area contributed by atoms with Crippen molar-refractivity contribution in [1.29, 1.82) is 0 Å². The van der Waals surface area contributed by atoms with Gasteiger partial charge in [-0.2, -0.15) is 0 Å². The minimum absolute atomic E-state index is 0.250. The van der Waals surface area contributed by atoms with E-state index in [0.717, 1.165) is 19.8 Å². The van der Waals surface area contributed by atoms with Crippen LogP contribution in [0.5, 0.6) is 0 Å². The summed E-state index contributed by atoms with van der Waals surface area (Å²) in [4.78, 5) is 4.57. The monoisotopic (exact) mass is 461 g/mol. The molecule has 6 nitrogen and oxygen atoms in total. The lowest BCUT2D eigenvalue weighted by Gasteiger charge is -2.40. The number of benzene rings is 1. The molecule has 5 atom stereocenters. The molecule has 0 amide bonds. The van der Waals surface area contributed by atoms with Crippen LogP contribution >= 0.6 is 31.9 Å². The maximum atomic E-state index is 10.1. The van der Waals surface area contributed by atoms with Gasteiger partial charge in [0.15, 0.2) is 0 Å². The maximum absolute atomic E-state index is 10.1. The first-order chi connectivity index (χ1) is 11.4. The average molecular weight is 463 g/mol. The van der Waals surface area contributed by atoms with Crippen LogP contribution in [0.4, 0.5) is 0 Å². The third-order valence-electron chi connectivity index (χ3n) is 4.17. The van der Waals surface area contributed by atoms with Gasteiger partial charge in [-0.25, -0.2) is 0 Å². The summed E-state index contributed by atoms with van der Waals surface area (Å²) in [5, 5.41) is 40.0. The highest BCUT2D eigenvalue weighted by atomic mass is 79.9. The summed E-state index contributed by atoms with van der Waals surface area (Å²) in [6.07, 6.45) is -5.40. The molecule has 4 N–H and O–H groups in total. The second-order valence-corrected chi connectivity index (χ2v) is 7.60. The summed E-state index contributed by atoms with van der Waals surface area (Å²) >= 11 is 6.91. The molecule has 0 bridgehead atoms. The predicted octanol–water partition coefficient (Wildman–Crippen LogP) is 1.14. The molecule has 130 valence electrons. The third kappa shape index (κ3) is 3.50. The molecule has 1 fully saturated rings. The summed E-state index contributed by atoms with van der Waals surface area (Å²) in [5.74, 6) is 0. The fourth-order valence-corrected chi connectivity index (χ4v) is 4.21. The molecule has 1 aliphatic rings. The van der Waals surface area contributed by atoms with Gasteiger partial charge in [-0.3, -0.25) is 4.98 Å². The number of nitrogens with zero attached hydrogens (tertiary/aromatic N) is 1. The van der Waals surface area contributed by atoms with Crippen molar-refractivity contribution in [3.63, 3.8) is 0 Å². The zero-order chi connectivity index (χ0) is 17.4. The molecule has 8 heteroatoms. The van der Waals surface area contributed by atoms with Crippen molar-refractivity contribution in [3.8, 4) is 0 Å². The van der Waals surface area contributed by atoms with Crippen molar-refractivity contribution in [2.75, 3.05) is 6.61 Å². The number of aliphatic hydroxyl groups is 4. The Kier molecular flexibility index (Phi) is 5.55. The van der Waals surface area contributed by atoms with Crippen LogP contribution in [-0.4, -0.2) is 62.5 Å². The van der Waals surface area contributed by atoms with Gasteiger partial charge in [0.05, 0.1) is 18.2 Å². The summed E-state index contributed by atoms with van der Waals surface area (Å²) in [5.41, 5.74) is 1.45. The Morgan fingerprint density at radius 3 is 2.42 bits per heavy atom. The molecule has 1 aliphatic heterocycles. The Morgan fingerprint density at radius 1 is 1.00 bits per heavy atom. The summed E-state index contributed by atoms with van der Waals surface area (Å²) in [6, 6.07) is 7.58. The lowest BCUT2D eigenvalue weighted by atomic mass is 9.92.